The average molecular weight is 448 g/mol. The molecule has 8 heteroatoms. The number of methoxy groups -OCH3 is 1. The standard InChI is InChI=1S/C25H29N5O3/c1-33-15-14-29-22-4-2-3-5-23(22)30(25(29)32)21-8-12-28(13-9-21)24(31)20-17-27(18-20)16-19-6-10-26-11-7-19/h2-7,10-11,14-15,20-21H,8-9,12-13,16-18H2,1H3/b15-14+. The molecule has 172 valence electrons. The van der Waals surface area contributed by atoms with E-state index in [4.69, 9.17) is 4.74 Å². The molecule has 0 bridgehead atoms. The van der Waals surface area contributed by atoms with E-state index in [1.807, 2.05) is 45.9 Å². The molecule has 0 spiro atoms. The highest BCUT2D eigenvalue weighted by Crippen LogP contribution is 2.28. The average Bonchev–Trinajstić information content (AvgIpc) is 3.11. The molecular formula is C25H29N5O3. The normalized spacial score (nSPS) is 18.2. The van der Waals surface area contributed by atoms with Gasteiger partial charge in [-0.2, -0.15) is 0 Å². The second kappa shape index (κ2) is 9.23. The highest BCUT2D eigenvalue weighted by atomic mass is 16.5. The minimum atomic E-state index is -0.0694. The van der Waals surface area contributed by atoms with E-state index in [-0.39, 0.29) is 23.6 Å². The monoisotopic (exact) mass is 447 g/mol. The van der Waals surface area contributed by atoms with E-state index < -0.39 is 0 Å². The minimum absolute atomic E-state index is 0.0694. The molecule has 0 saturated carbocycles. The summed E-state index contributed by atoms with van der Waals surface area (Å²) in [6.07, 6.45) is 8.34. The first-order chi connectivity index (χ1) is 16.2. The largest absolute Gasteiger partial charge is 0.503 e. The van der Waals surface area contributed by atoms with E-state index in [0.717, 1.165) is 43.5 Å². The minimum Gasteiger partial charge on any atom is -0.503 e. The number of nitrogens with zero attached hydrogens (tertiary/aromatic N) is 5. The molecule has 2 fully saturated rings. The van der Waals surface area contributed by atoms with Crippen LogP contribution in [0.1, 0.15) is 24.4 Å². The number of fused-ring (bicyclic) bond motifs is 1. The van der Waals surface area contributed by atoms with Crippen molar-refractivity contribution in [2.24, 2.45) is 5.92 Å². The van der Waals surface area contributed by atoms with Crippen LogP contribution in [-0.4, -0.2) is 63.1 Å². The van der Waals surface area contributed by atoms with Gasteiger partial charge in [-0.15, -0.1) is 0 Å². The van der Waals surface area contributed by atoms with Crippen LogP contribution in [-0.2, 0) is 16.1 Å². The maximum Gasteiger partial charge on any atom is 0.333 e. The number of rotatable bonds is 6. The number of para-hydroxylation sites is 2. The zero-order chi connectivity index (χ0) is 22.8. The fourth-order valence-electron chi connectivity index (χ4n) is 5.02. The highest BCUT2D eigenvalue weighted by Gasteiger charge is 2.37. The van der Waals surface area contributed by atoms with Crippen LogP contribution in [0.3, 0.4) is 0 Å². The van der Waals surface area contributed by atoms with E-state index in [2.05, 4.69) is 9.88 Å². The van der Waals surface area contributed by atoms with Crippen LogP contribution < -0.4 is 5.69 Å². The molecule has 2 aromatic heterocycles. The molecule has 0 atom stereocenters. The van der Waals surface area contributed by atoms with E-state index in [1.54, 1.807) is 30.3 Å². The highest BCUT2D eigenvalue weighted by molar-refractivity contribution is 5.80. The van der Waals surface area contributed by atoms with E-state index in [9.17, 15) is 9.59 Å². The number of hydrogen-bond donors (Lipinski definition) is 0. The van der Waals surface area contributed by atoms with Crippen molar-refractivity contribution in [3.63, 3.8) is 0 Å². The van der Waals surface area contributed by atoms with Gasteiger partial charge in [0.2, 0.25) is 5.91 Å². The first-order valence-electron chi connectivity index (χ1n) is 11.5. The van der Waals surface area contributed by atoms with Crippen molar-refractivity contribution in [1.82, 2.24) is 23.9 Å². The van der Waals surface area contributed by atoms with Crippen molar-refractivity contribution in [2.75, 3.05) is 33.3 Å². The predicted octanol–water partition coefficient (Wildman–Crippen LogP) is 2.57. The number of aromatic nitrogens is 3. The molecule has 8 nitrogen and oxygen atoms in total. The molecule has 0 N–H and O–H groups in total. The number of piperidine rings is 1. The van der Waals surface area contributed by atoms with Crippen LogP contribution in [0.2, 0.25) is 0 Å². The van der Waals surface area contributed by atoms with Crippen molar-refractivity contribution in [1.29, 1.82) is 0 Å². The lowest BCUT2D eigenvalue weighted by Gasteiger charge is -2.42. The summed E-state index contributed by atoms with van der Waals surface area (Å²) in [6, 6.07) is 11.9. The second-order valence-corrected chi connectivity index (χ2v) is 8.84. The Labute approximate surface area is 192 Å². The molecule has 3 aromatic rings. The molecule has 2 aliphatic heterocycles. The van der Waals surface area contributed by atoms with Crippen LogP contribution in [0, 0.1) is 5.92 Å². The Morgan fingerprint density at radius 1 is 1.09 bits per heavy atom. The van der Waals surface area contributed by atoms with Crippen LogP contribution in [0.4, 0.5) is 0 Å². The van der Waals surface area contributed by atoms with Crippen LogP contribution in [0.5, 0.6) is 0 Å². The van der Waals surface area contributed by atoms with Gasteiger partial charge in [-0.3, -0.25) is 23.8 Å². The summed E-state index contributed by atoms with van der Waals surface area (Å²) in [7, 11) is 1.56. The number of pyridine rings is 1. The van der Waals surface area contributed by atoms with Crippen LogP contribution in [0.25, 0.3) is 17.2 Å². The van der Waals surface area contributed by atoms with Crippen molar-refractivity contribution < 1.29 is 9.53 Å². The van der Waals surface area contributed by atoms with Gasteiger partial charge in [0.25, 0.3) is 0 Å². The molecule has 2 aliphatic rings. The van der Waals surface area contributed by atoms with Gasteiger partial charge in [-0.25, -0.2) is 4.79 Å². The Balaban J connectivity index is 1.22. The molecule has 0 unspecified atom stereocenters. The topological polar surface area (TPSA) is 72.6 Å². The molecule has 0 radical (unpaired) electrons. The van der Waals surface area contributed by atoms with E-state index in [1.165, 1.54) is 11.8 Å². The number of benzene rings is 1. The summed E-state index contributed by atoms with van der Waals surface area (Å²) in [5, 5.41) is 0. The Kier molecular flexibility index (Phi) is 6.00. The van der Waals surface area contributed by atoms with Crippen LogP contribution in [0.15, 0.2) is 59.8 Å². The van der Waals surface area contributed by atoms with Gasteiger partial charge in [0.05, 0.1) is 30.3 Å². The number of hydrogen-bond acceptors (Lipinski definition) is 5. The van der Waals surface area contributed by atoms with E-state index >= 15 is 0 Å². The lowest BCUT2D eigenvalue weighted by molar-refractivity contribution is -0.142. The quantitative estimate of drug-likeness (QED) is 0.543. The van der Waals surface area contributed by atoms with Gasteiger partial charge in [-0.1, -0.05) is 12.1 Å². The molecule has 0 aliphatic carbocycles. The fraction of sp³-hybridized carbons (Fsp3) is 0.400. The summed E-state index contributed by atoms with van der Waals surface area (Å²) < 4.78 is 8.54. The summed E-state index contributed by atoms with van der Waals surface area (Å²) in [6.45, 7) is 3.84. The molecule has 1 aromatic carbocycles. The van der Waals surface area contributed by atoms with E-state index in [0.29, 0.717) is 13.1 Å². The number of amides is 1. The zero-order valence-corrected chi connectivity index (χ0v) is 18.8. The summed E-state index contributed by atoms with van der Waals surface area (Å²) in [5.41, 5.74) is 2.93. The maximum absolute atomic E-state index is 13.2. The van der Waals surface area contributed by atoms with Crippen molar-refractivity contribution in [3.05, 3.63) is 71.1 Å². The van der Waals surface area contributed by atoms with Crippen LogP contribution >= 0.6 is 0 Å². The van der Waals surface area contributed by atoms with Gasteiger partial charge in [0, 0.05) is 57.4 Å². The third-order valence-corrected chi connectivity index (χ3v) is 6.76. The van der Waals surface area contributed by atoms with Crippen molar-refractivity contribution in [3.8, 4) is 0 Å². The summed E-state index contributed by atoms with van der Waals surface area (Å²) in [5.74, 6) is 0.324. The first-order valence-corrected chi connectivity index (χ1v) is 11.5. The number of ether oxygens (including phenoxy) is 1. The number of imidazole rings is 1. The number of carbonyl (C=O) groups excluding carboxylic acids is 1. The molecule has 1 amide bonds. The molecule has 2 saturated heterocycles. The smallest absolute Gasteiger partial charge is 0.333 e. The molecule has 4 heterocycles. The zero-order valence-electron chi connectivity index (χ0n) is 18.8. The van der Waals surface area contributed by atoms with Gasteiger partial charge in [0.1, 0.15) is 0 Å². The van der Waals surface area contributed by atoms with Crippen molar-refractivity contribution in [2.45, 2.75) is 25.4 Å². The predicted molar refractivity (Wildman–Crippen MR) is 126 cm³/mol. The molecule has 33 heavy (non-hydrogen) atoms. The summed E-state index contributed by atoms with van der Waals surface area (Å²) in [4.78, 5) is 34.5. The lowest BCUT2D eigenvalue weighted by Crippen LogP contribution is -2.55. The maximum atomic E-state index is 13.2. The SMILES string of the molecule is CO/C=C/n1c(=O)n(C2CCN(C(=O)C3CN(Cc4ccncc4)C3)CC2)c2ccccc21. The Bertz CT molecular complexity index is 1200. The number of carbonyl (C=O) groups is 1. The number of likely N-dealkylation sites (tertiary alicyclic amines) is 2. The van der Waals surface area contributed by atoms with Gasteiger partial charge in [0.15, 0.2) is 0 Å². The third-order valence-electron chi connectivity index (χ3n) is 6.76. The molecule has 5 rings (SSSR count). The summed E-state index contributed by atoms with van der Waals surface area (Å²) >= 11 is 0. The molecular weight excluding hydrogens is 418 g/mol. The third kappa shape index (κ3) is 4.18. The Hall–Kier alpha value is -3.39. The fourth-order valence-corrected chi connectivity index (χ4v) is 5.02. The first kappa shape index (κ1) is 21.5. The lowest BCUT2D eigenvalue weighted by atomic mass is 9.95. The Morgan fingerprint density at radius 3 is 2.48 bits per heavy atom. The van der Waals surface area contributed by atoms with Crippen molar-refractivity contribution >= 4 is 23.1 Å². The van der Waals surface area contributed by atoms with Gasteiger partial charge >= 0.3 is 5.69 Å². The second-order valence-electron chi connectivity index (χ2n) is 8.84. The van der Waals surface area contributed by atoms with Gasteiger partial charge in [-0.05, 0) is 42.7 Å². The Morgan fingerprint density at radius 2 is 1.79 bits per heavy atom. The van der Waals surface area contributed by atoms with Gasteiger partial charge < -0.3 is 9.64 Å².